The Balaban J connectivity index is 3.01. The third kappa shape index (κ3) is 2.11. The average molecular weight is 232 g/mol. The molecule has 14 heavy (non-hydrogen) atoms. The molecule has 0 aromatic carbocycles. The Morgan fingerprint density at radius 2 is 1.14 bits per heavy atom. The Kier molecular flexibility index (Phi) is 3.59. The second-order valence-corrected chi connectivity index (χ2v) is 9.04. The molecule has 0 bridgehead atoms. The SMILES string of the molecule is CC(C)(C)C1(C(C)(C)C)SCCCS1. The maximum absolute atomic E-state index is 2.39. The van der Waals surface area contributed by atoms with Crippen molar-refractivity contribution in [1.82, 2.24) is 0 Å². The summed E-state index contributed by atoms with van der Waals surface area (Å²) in [5.74, 6) is 2.67. The van der Waals surface area contributed by atoms with Crippen molar-refractivity contribution in [2.45, 2.75) is 52.0 Å². The van der Waals surface area contributed by atoms with Gasteiger partial charge in [-0.2, -0.15) is 0 Å². The van der Waals surface area contributed by atoms with Crippen LogP contribution in [-0.4, -0.2) is 15.6 Å². The van der Waals surface area contributed by atoms with Crippen LogP contribution in [0.1, 0.15) is 48.0 Å². The molecule has 0 unspecified atom stereocenters. The molecule has 0 N–H and O–H groups in total. The Morgan fingerprint density at radius 3 is 1.36 bits per heavy atom. The van der Waals surface area contributed by atoms with Crippen molar-refractivity contribution in [2.24, 2.45) is 10.8 Å². The highest BCUT2D eigenvalue weighted by Crippen LogP contribution is 2.61. The summed E-state index contributed by atoms with van der Waals surface area (Å²) in [5.41, 5.74) is 0.752. The zero-order valence-electron chi connectivity index (χ0n) is 10.4. The smallest absolute Gasteiger partial charge is 0.0706 e. The lowest BCUT2D eigenvalue weighted by atomic mass is 9.76. The van der Waals surface area contributed by atoms with Gasteiger partial charge < -0.3 is 0 Å². The van der Waals surface area contributed by atoms with Crippen molar-refractivity contribution in [2.75, 3.05) is 11.5 Å². The molecule has 0 radical (unpaired) electrons. The first-order valence-corrected chi connectivity index (χ1v) is 7.46. The van der Waals surface area contributed by atoms with E-state index >= 15 is 0 Å². The van der Waals surface area contributed by atoms with Gasteiger partial charge in [-0.3, -0.25) is 0 Å². The lowest BCUT2D eigenvalue weighted by molar-refractivity contribution is 0.220. The van der Waals surface area contributed by atoms with Gasteiger partial charge in [0.1, 0.15) is 0 Å². The van der Waals surface area contributed by atoms with Crippen LogP contribution in [0, 0.1) is 10.8 Å². The molecule has 1 aliphatic rings. The largest absolute Gasteiger partial charge is 0.143 e. The van der Waals surface area contributed by atoms with Crippen LogP contribution in [0.25, 0.3) is 0 Å². The first-order chi connectivity index (χ1) is 6.21. The van der Waals surface area contributed by atoms with Crippen LogP contribution in [0.5, 0.6) is 0 Å². The second kappa shape index (κ2) is 3.93. The fraction of sp³-hybridized carbons (Fsp3) is 1.00. The quantitative estimate of drug-likeness (QED) is 0.596. The summed E-state index contributed by atoms with van der Waals surface area (Å²) in [4.78, 5) is 0. The van der Waals surface area contributed by atoms with E-state index in [1.807, 2.05) is 0 Å². The number of rotatable bonds is 0. The van der Waals surface area contributed by atoms with Gasteiger partial charge in [0.2, 0.25) is 0 Å². The molecule has 1 saturated heterocycles. The van der Waals surface area contributed by atoms with Crippen molar-refractivity contribution >= 4 is 23.5 Å². The zero-order valence-corrected chi connectivity index (χ0v) is 12.1. The predicted octanol–water partition coefficient (Wildman–Crippen LogP) is 4.65. The third-order valence-electron chi connectivity index (χ3n) is 2.87. The normalized spacial score (nSPS) is 23.6. The van der Waals surface area contributed by atoms with Crippen molar-refractivity contribution in [3.05, 3.63) is 0 Å². The van der Waals surface area contributed by atoms with Crippen LogP contribution < -0.4 is 0 Å². The van der Waals surface area contributed by atoms with E-state index in [1.54, 1.807) is 0 Å². The molecule has 0 aliphatic carbocycles. The Hall–Kier alpha value is 0.700. The summed E-state index contributed by atoms with van der Waals surface area (Å²) < 4.78 is 0.387. The van der Waals surface area contributed by atoms with Crippen LogP contribution in [0.2, 0.25) is 0 Å². The molecular weight excluding hydrogens is 208 g/mol. The molecule has 0 aromatic heterocycles. The Morgan fingerprint density at radius 1 is 0.786 bits per heavy atom. The molecule has 0 amide bonds. The average Bonchev–Trinajstić information content (AvgIpc) is 2.02. The van der Waals surface area contributed by atoms with Gasteiger partial charge in [0.15, 0.2) is 0 Å². The molecule has 84 valence electrons. The minimum absolute atomic E-state index is 0.376. The van der Waals surface area contributed by atoms with E-state index in [2.05, 4.69) is 65.1 Å². The molecule has 1 rings (SSSR count). The topological polar surface area (TPSA) is 0 Å². The summed E-state index contributed by atoms with van der Waals surface area (Å²) in [7, 11) is 0. The van der Waals surface area contributed by atoms with E-state index in [0.29, 0.717) is 14.9 Å². The van der Waals surface area contributed by atoms with Gasteiger partial charge in [-0.25, -0.2) is 0 Å². The lowest BCUT2D eigenvalue weighted by Gasteiger charge is -2.54. The summed E-state index contributed by atoms with van der Waals surface area (Å²) in [6, 6.07) is 0. The van der Waals surface area contributed by atoms with Crippen molar-refractivity contribution in [3.8, 4) is 0 Å². The van der Waals surface area contributed by atoms with Gasteiger partial charge in [-0.05, 0) is 28.8 Å². The molecule has 2 heteroatoms. The van der Waals surface area contributed by atoms with Gasteiger partial charge in [0.05, 0.1) is 4.08 Å². The molecular formula is C12H24S2. The summed E-state index contributed by atoms with van der Waals surface area (Å²) in [5, 5.41) is 0. The van der Waals surface area contributed by atoms with Crippen LogP contribution in [0.3, 0.4) is 0 Å². The zero-order chi connectivity index (χ0) is 11.0. The van der Waals surface area contributed by atoms with Crippen LogP contribution in [0.15, 0.2) is 0 Å². The molecule has 0 atom stereocenters. The minimum Gasteiger partial charge on any atom is -0.143 e. The van der Waals surface area contributed by atoms with E-state index in [9.17, 15) is 0 Å². The van der Waals surface area contributed by atoms with Crippen LogP contribution in [0.4, 0.5) is 0 Å². The molecule has 1 heterocycles. The molecule has 1 fully saturated rings. The fourth-order valence-electron chi connectivity index (χ4n) is 2.52. The van der Waals surface area contributed by atoms with Gasteiger partial charge in [-0.1, -0.05) is 41.5 Å². The van der Waals surface area contributed by atoms with Crippen molar-refractivity contribution in [1.29, 1.82) is 0 Å². The molecule has 0 spiro atoms. The Bertz CT molecular complexity index is 173. The molecule has 0 nitrogen and oxygen atoms in total. The van der Waals surface area contributed by atoms with Gasteiger partial charge in [-0.15, -0.1) is 23.5 Å². The maximum Gasteiger partial charge on any atom is 0.0706 e. The number of hydrogen-bond acceptors (Lipinski definition) is 2. The van der Waals surface area contributed by atoms with Crippen LogP contribution >= 0.6 is 23.5 Å². The highest BCUT2D eigenvalue weighted by atomic mass is 32.2. The molecule has 1 aliphatic heterocycles. The molecule has 0 aromatic rings. The minimum atomic E-state index is 0.376. The van der Waals surface area contributed by atoms with E-state index in [-0.39, 0.29) is 0 Å². The van der Waals surface area contributed by atoms with Gasteiger partial charge in [0, 0.05) is 0 Å². The van der Waals surface area contributed by atoms with E-state index in [0.717, 1.165) is 0 Å². The van der Waals surface area contributed by atoms with E-state index in [1.165, 1.54) is 17.9 Å². The van der Waals surface area contributed by atoms with Crippen molar-refractivity contribution in [3.63, 3.8) is 0 Å². The predicted molar refractivity (Wildman–Crippen MR) is 71.2 cm³/mol. The number of thioether (sulfide) groups is 2. The first kappa shape index (κ1) is 12.8. The summed E-state index contributed by atoms with van der Waals surface area (Å²) in [6.45, 7) is 14.4. The highest BCUT2D eigenvalue weighted by Gasteiger charge is 2.52. The van der Waals surface area contributed by atoms with Crippen LogP contribution in [-0.2, 0) is 0 Å². The van der Waals surface area contributed by atoms with E-state index in [4.69, 9.17) is 0 Å². The first-order valence-electron chi connectivity index (χ1n) is 5.49. The highest BCUT2D eigenvalue weighted by molar-refractivity contribution is 8.18. The van der Waals surface area contributed by atoms with E-state index < -0.39 is 0 Å². The third-order valence-corrected chi connectivity index (χ3v) is 7.83. The van der Waals surface area contributed by atoms with Gasteiger partial charge in [0.25, 0.3) is 0 Å². The van der Waals surface area contributed by atoms with Gasteiger partial charge >= 0.3 is 0 Å². The maximum atomic E-state index is 2.39. The Labute approximate surface area is 98.0 Å². The summed E-state index contributed by atoms with van der Waals surface area (Å²) in [6.07, 6.45) is 1.38. The number of hydrogen-bond donors (Lipinski definition) is 0. The second-order valence-electron chi connectivity index (χ2n) is 6.17. The standard InChI is InChI=1S/C12H24S2/c1-10(2,3)12(11(4,5)6)13-8-7-9-14-12/h7-9H2,1-6H3. The lowest BCUT2D eigenvalue weighted by Crippen LogP contribution is -2.49. The fourth-order valence-corrected chi connectivity index (χ4v) is 6.42. The summed E-state index contributed by atoms with van der Waals surface area (Å²) >= 11 is 4.38. The van der Waals surface area contributed by atoms with Crippen molar-refractivity contribution < 1.29 is 0 Å². The monoisotopic (exact) mass is 232 g/mol. The molecule has 0 saturated carbocycles.